The molecule has 0 amide bonds. The molecule has 0 aliphatic rings. The van der Waals surface area contributed by atoms with E-state index in [1.807, 2.05) is 19.2 Å². The lowest BCUT2D eigenvalue weighted by molar-refractivity contribution is 0.928. The Morgan fingerprint density at radius 2 is 2.00 bits per heavy atom. The lowest BCUT2D eigenvalue weighted by Crippen LogP contribution is -1.98. The number of halogens is 1. The number of aromatic nitrogens is 5. The highest BCUT2D eigenvalue weighted by Crippen LogP contribution is 2.23. The van der Waals surface area contributed by atoms with E-state index in [1.165, 1.54) is 0 Å². The van der Waals surface area contributed by atoms with Crippen molar-refractivity contribution in [1.82, 2.24) is 24.5 Å². The van der Waals surface area contributed by atoms with E-state index < -0.39 is 0 Å². The van der Waals surface area contributed by atoms with E-state index in [0.29, 0.717) is 17.0 Å². The molecule has 0 saturated heterocycles. The fraction of sp³-hybridized carbons (Fsp3) is 0.0909. The van der Waals surface area contributed by atoms with Gasteiger partial charge in [0.2, 0.25) is 5.28 Å². The minimum atomic E-state index is 0.183. The van der Waals surface area contributed by atoms with Crippen molar-refractivity contribution in [3.63, 3.8) is 0 Å². The fourth-order valence-electron chi connectivity index (χ4n) is 1.64. The maximum atomic E-state index is 5.90. The average molecular weight is 261 g/mol. The molecule has 0 bridgehead atoms. The number of rotatable bonds is 2. The summed E-state index contributed by atoms with van der Waals surface area (Å²) in [6.45, 7) is 0. The smallest absolute Gasteiger partial charge is 0.226 e. The van der Waals surface area contributed by atoms with Crippen molar-refractivity contribution < 1.29 is 0 Å². The highest BCUT2D eigenvalue weighted by Gasteiger charge is 2.11. The van der Waals surface area contributed by atoms with Gasteiger partial charge in [0, 0.05) is 25.1 Å². The number of imidazole rings is 1. The molecule has 6 nitrogen and oxygen atoms in total. The molecule has 0 fully saturated rings. The van der Waals surface area contributed by atoms with E-state index in [9.17, 15) is 0 Å². The number of nitrogens with zero attached hydrogens (tertiary/aromatic N) is 5. The first-order valence-corrected chi connectivity index (χ1v) is 5.63. The Morgan fingerprint density at radius 1 is 1.22 bits per heavy atom. The summed E-state index contributed by atoms with van der Waals surface area (Å²) < 4.78 is 1.79. The van der Waals surface area contributed by atoms with Gasteiger partial charge in [0.1, 0.15) is 0 Å². The van der Waals surface area contributed by atoms with Crippen LogP contribution in [0.2, 0.25) is 5.28 Å². The van der Waals surface area contributed by atoms with Crippen LogP contribution in [0.3, 0.4) is 0 Å². The van der Waals surface area contributed by atoms with Crippen LogP contribution in [0.25, 0.3) is 11.2 Å². The number of anilines is 2. The quantitative estimate of drug-likeness (QED) is 0.715. The van der Waals surface area contributed by atoms with E-state index in [-0.39, 0.29) is 5.28 Å². The second-order valence-corrected chi connectivity index (χ2v) is 4.07. The van der Waals surface area contributed by atoms with Crippen LogP contribution in [0.5, 0.6) is 0 Å². The van der Waals surface area contributed by atoms with Gasteiger partial charge in [0.15, 0.2) is 17.0 Å². The van der Waals surface area contributed by atoms with Gasteiger partial charge in [-0.3, -0.25) is 4.98 Å². The molecule has 0 aliphatic carbocycles. The van der Waals surface area contributed by atoms with Gasteiger partial charge in [0.05, 0.1) is 6.33 Å². The third-order valence-corrected chi connectivity index (χ3v) is 2.64. The molecular weight excluding hydrogens is 252 g/mol. The second-order valence-electron chi connectivity index (χ2n) is 3.73. The Labute approximate surface area is 108 Å². The van der Waals surface area contributed by atoms with Crippen LogP contribution < -0.4 is 5.32 Å². The SMILES string of the molecule is Cn1cnc2c(Nc3ccncc3)nc(Cl)nc21. The minimum absolute atomic E-state index is 0.183. The third-order valence-electron chi connectivity index (χ3n) is 2.48. The summed E-state index contributed by atoms with van der Waals surface area (Å²) in [7, 11) is 1.86. The summed E-state index contributed by atoms with van der Waals surface area (Å²) in [6, 6.07) is 3.68. The van der Waals surface area contributed by atoms with Crippen LogP contribution in [0.15, 0.2) is 30.9 Å². The molecule has 0 radical (unpaired) electrons. The maximum Gasteiger partial charge on any atom is 0.226 e. The lowest BCUT2D eigenvalue weighted by Gasteiger charge is -2.05. The molecule has 0 saturated carbocycles. The average Bonchev–Trinajstić information content (AvgIpc) is 2.73. The fourth-order valence-corrected chi connectivity index (χ4v) is 1.80. The topological polar surface area (TPSA) is 68.5 Å². The molecule has 90 valence electrons. The second kappa shape index (κ2) is 4.23. The summed E-state index contributed by atoms with van der Waals surface area (Å²) >= 11 is 5.90. The zero-order valence-electron chi connectivity index (χ0n) is 9.50. The van der Waals surface area contributed by atoms with Gasteiger partial charge in [0.25, 0.3) is 0 Å². The zero-order valence-corrected chi connectivity index (χ0v) is 10.3. The highest BCUT2D eigenvalue weighted by atomic mass is 35.5. The number of hydrogen-bond acceptors (Lipinski definition) is 5. The van der Waals surface area contributed by atoms with E-state index in [1.54, 1.807) is 23.3 Å². The van der Waals surface area contributed by atoms with Crippen LogP contribution in [0.1, 0.15) is 0 Å². The van der Waals surface area contributed by atoms with Gasteiger partial charge >= 0.3 is 0 Å². The molecule has 0 spiro atoms. The van der Waals surface area contributed by atoms with E-state index in [0.717, 1.165) is 5.69 Å². The Morgan fingerprint density at radius 3 is 2.78 bits per heavy atom. The minimum Gasteiger partial charge on any atom is -0.338 e. The summed E-state index contributed by atoms with van der Waals surface area (Å²) in [6.07, 6.45) is 5.06. The summed E-state index contributed by atoms with van der Waals surface area (Å²) in [5.41, 5.74) is 2.23. The van der Waals surface area contributed by atoms with E-state index in [4.69, 9.17) is 11.6 Å². The molecule has 0 atom stereocenters. The molecule has 0 aliphatic heterocycles. The zero-order chi connectivity index (χ0) is 12.5. The van der Waals surface area contributed by atoms with Crippen LogP contribution in [-0.4, -0.2) is 24.5 Å². The number of nitrogens with one attached hydrogen (secondary N) is 1. The van der Waals surface area contributed by atoms with Gasteiger partial charge < -0.3 is 9.88 Å². The molecule has 0 aromatic carbocycles. The first kappa shape index (κ1) is 10.9. The number of pyridine rings is 1. The van der Waals surface area contributed by atoms with Crippen molar-refractivity contribution in [2.45, 2.75) is 0 Å². The highest BCUT2D eigenvalue weighted by molar-refractivity contribution is 6.28. The van der Waals surface area contributed by atoms with Gasteiger partial charge in [-0.2, -0.15) is 9.97 Å². The van der Waals surface area contributed by atoms with Gasteiger partial charge in [-0.05, 0) is 23.7 Å². The lowest BCUT2D eigenvalue weighted by atomic mass is 10.4. The number of fused-ring (bicyclic) bond motifs is 1. The van der Waals surface area contributed by atoms with Crippen molar-refractivity contribution >= 4 is 34.3 Å². The van der Waals surface area contributed by atoms with Crippen LogP contribution >= 0.6 is 11.6 Å². The molecule has 7 heteroatoms. The summed E-state index contributed by atoms with van der Waals surface area (Å²) in [4.78, 5) is 16.5. The molecule has 3 heterocycles. The number of hydrogen-bond donors (Lipinski definition) is 1. The van der Waals surface area contributed by atoms with Gasteiger partial charge in [-0.25, -0.2) is 4.98 Å². The maximum absolute atomic E-state index is 5.90. The Balaban J connectivity index is 2.11. The molecular formula is C11H9ClN6. The normalized spacial score (nSPS) is 10.8. The molecule has 3 aromatic heterocycles. The van der Waals surface area contributed by atoms with Crippen molar-refractivity contribution in [1.29, 1.82) is 0 Å². The van der Waals surface area contributed by atoms with Crippen LogP contribution in [0.4, 0.5) is 11.5 Å². The standard InChI is InChI=1S/C11H9ClN6/c1-18-6-14-8-9(16-11(12)17-10(8)18)15-7-2-4-13-5-3-7/h2-6H,1H3,(H,13,15,16,17). The van der Waals surface area contributed by atoms with Crippen molar-refractivity contribution in [2.24, 2.45) is 7.05 Å². The Bertz CT molecular complexity index is 693. The largest absolute Gasteiger partial charge is 0.338 e. The van der Waals surface area contributed by atoms with Crippen molar-refractivity contribution in [3.05, 3.63) is 36.1 Å². The van der Waals surface area contributed by atoms with Crippen molar-refractivity contribution in [3.8, 4) is 0 Å². The predicted octanol–water partition coefficient (Wildman–Crippen LogP) is 2.16. The van der Waals surface area contributed by atoms with Crippen LogP contribution in [-0.2, 0) is 7.05 Å². The summed E-state index contributed by atoms with van der Waals surface area (Å²) in [5.74, 6) is 0.580. The Hall–Kier alpha value is -2.21. The third kappa shape index (κ3) is 1.86. The summed E-state index contributed by atoms with van der Waals surface area (Å²) in [5, 5.41) is 3.33. The molecule has 0 unspecified atom stereocenters. The first-order valence-electron chi connectivity index (χ1n) is 5.25. The number of aryl methyl sites for hydroxylation is 1. The van der Waals surface area contributed by atoms with Crippen molar-refractivity contribution in [2.75, 3.05) is 5.32 Å². The monoisotopic (exact) mass is 260 g/mol. The molecule has 1 N–H and O–H groups in total. The van der Waals surface area contributed by atoms with E-state index in [2.05, 4.69) is 25.3 Å². The van der Waals surface area contributed by atoms with Gasteiger partial charge in [-0.1, -0.05) is 0 Å². The molecule has 3 rings (SSSR count). The Kier molecular flexibility index (Phi) is 2.56. The molecule has 3 aromatic rings. The predicted molar refractivity (Wildman–Crippen MR) is 68.8 cm³/mol. The van der Waals surface area contributed by atoms with E-state index >= 15 is 0 Å². The first-order chi connectivity index (χ1) is 8.74. The molecule has 18 heavy (non-hydrogen) atoms. The van der Waals surface area contributed by atoms with Crippen LogP contribution in [0, 0.1) is 0 Å². The van der Waals surface area contributed by atoms with Gasteiger partial charge in [-0.15, -0.1) is 0 Å².